The average molecular weight is 457 g/mol. The van der Waals surface area contributed by atoms with E-state index in [4.69, 9.17) is 34.5 Å². The molecular formula is C26H24N4O4. The van der Waals surface area contributed by atoms with Gasteiger partial charge >= 0.3 is 11.9 Å². The summed E-state index contributed by atoms with van der Waals surface area (Å²) in [5.74, 6) is 3.09. The summed E-state index contributed by atoms with van der Waals surface area (Å²) < 4.78 is 0. The predicted octanol–water partition coefficient (Wildman–Crippen LogP) is 2.21. The third kappa shape index (κ3) is 5.45. The van der Waals surface area contributed by atoms with E-state index in [0.29, 0.717) is 6.42 Å². The molecule has 0 aliphatic carbocycles. The van der Waals surface area contributed by atoms with Gasteiger partial charge in [-0.1, -0.05) is 17.9 Å². The highest BCUT2D eigenvalue weighted by Gasteiger charge is 2.15. The van der Waals surface area contributed by atoms with Crippen LogP contribution in [-0.2, 0) is 22.4 Å². The Hall–Kier alpha value is -4.50. The summed E-state index contributed by atoms with van der Waals surface area (Å²) in [7, 11) is 0. The number of H-pyrrole nitrogens is 2. The maximum atomic E-state index is 10.7. The van der Waals surface area contributed by atoms with Crippen molar-refractivity contribution in [3.05, 3.63) is 71.0 Å². The zero-order chi connectivity index (χ0) is 24.8. The third-order valence-electron chi connectivity index (χ3n) is 5.38. The number of nitrogens with two attached hydrogens (primary N) is 2. The van der Waals surface area contributed by atoms with Gasteiger partial charge in [-0.05, 0) is 41.5 Å². The van der Waals surface area contributed by atoms with Crippen LogP contribution in [0.1, 0.15) is 22.3 Å². The number of hydrogen-bond donors (Lipinski definition) is 6. The molecule has 0 fully saturated rings. The normalized spacial score (nSPS) is 12.2. The van der Waals surface area contributed by atoms with Crippen molar-refractivity contribution in [3.8, 4) is 24.7 Å². The smallest absolute Gasteiger partial charge is 0.320 e. The molecule has 8 nitrogen and oxygen atoms in total. The molecule has 0 bridgehead atoms. The predicted molar refractivity (Wildman–Crippen MR) is 131 cm³/mol. The first-order valence-corrected chi connectivity index (χ1v) is 10.3. The second-order valence-corrected chi connectivity index (χ2v) is 7.73. The van der Waals surface area contributed by atoms with Gasteiger partial charge in [-0.3, -0.25) is 9.59 Å². The summed E-state index contributed by atoms with van der Waals surface area (Å²) in [4.78, 5) is 27.5. The molecule has 0 radical (unpaired) electrons. The largest absolute Gasteiger partial charge is 0.480 e. The van der Waals surface area contributed by atoms with Crippen molar-refractivity contribution >= 4 is 33.7 Å². The number of terminal acetylenes is 2. The first kappa shape index (κ1) is 24.1. The van der Waals surface area contributed by atoms with Crippen LogP contribution in [0.4, 0.5) is 0 Å². The van der Waals surface area contributed by atoms with Crippen molar-refractivity contribution in [1.29, 1.82) is 0 Å². The molecule has 2 aromatic carbocycles. The number of aromatic nitrogens is 2. The van der Waals surface area contributed by atoms with Gasteiger partial charge < -0.3 is 31.6 Å². The zero-order valence-corrected chi connectivity index (χ0v) is 18.2. The van der Waals surface area contributed by atoms with Gasteiger partial charge in [-0.25, -0.2) is 0 Å². The van der Waals surface area contributed by atoms with E-state index in [1.54, 1.807) is 12.4 Å². The monoisotopic (exact) mass is 456 g/mol. The number of aromatic amines is 2. The Morgan fingerprint density at radius 2 is 1.29 bits per heavy atom. The van der Waals surface area contributed by atoms with Crippen molar-refractivity contribution in [2.75, 3.05) is 0 Å². The number of carbonyl (C=O) groups is 2. The Bertz CT molecular complexity index is 1430. The van der Waals surface area contributed by atoms with Crippen LogP contribution >= 0.6 is 0 Å². The fourth-order valence-corrected chi connectivity index (χ4v) is 3.53. The maximum absolute atomic E-state index is 10.7. The van der Waals surface area contributed by atoms with E-state index >= 15 is 0 Å². The topological polar surface area (TPSA) is 158 Å². The highest BCUT2D eigenvalue weighted by Crippen LogP contribution is 2.21. The van der Waals surface area contributed by atoms with Gasteiger partial charge in [0.05, 0.1) is 0 Å². The lowest BCUT2D eigenvalue weighted by Gasteiger charge is -2.04. The van der Waals surface area contributed by atoms with Crippen molar-refractivity contribution in [1.82, 2.24) is 9.97 Å². The SMILES string of the molecule is C#Cc1ccc2[nH]cc(C[C@H](N)C(=O)O)c2c1.C#Cc1ccc2c(C[C@H](N)C(=O)O)c[nH]c2c1. The molecule has 2 atom stereocenters. The van der Waals surface area contributed by atoms with Gasteiger partial charge in [0, 0.05) is 58.2 Å². The maximum Gasteiger partial charge on any atom is 0.320 e. The molecule has 8 N–H and O–H groups in total. The Kier molecular flexibility index (Phi) is 7.39. The van der Waals surface area contributed by atoms with E-state index in [2.05, 4.69) is 21.8 Å². The first-order valence-electron chi connectivity index (χ1n) is 10.3. The number of benzene rings is 2. The number of hydrogen-bond acceptors (Lipinski definition) is 4. The molecule has 0 saturated heterocycles. The molecule has 0 saturated carbocycles. The quantitative estimate of drug-likeness (QED) is 0.244. The van der Waals surface area contributed by atoms with Crippen LogP contribution in [0.3, 0.4) is 0 Å². The summed E-state index contributed by atoms with van der Waals surface area (Å²) >= 11 is 0. The zero-order valence-electron chi connectivity index (χ0n) is 18.2. The average Bonchev–Trinajstić information content (AvgIpc) is 3.42. The first-order chi connectivity index (χ1) is 16.2. The van der Waals surface area contributed by atoms with Gasteiger partial charge in [-0.15, -0.1) is 12.8 Å². The van der Waals surface area contributed by atoms with E-state index in [-0.39, 0.29) is 6.42 Å². The fourth-order valence-electron chi connectivity index (χ4n) is 3.53. The lowest BCUT2D eigenvalue weighted by molar-refractivity contribution is -0.139. The van der Waals surface area contributed by atoms with Crippen molar-refractivity contribution in [2.24, 2.45) is 11.5 Å². The number of aliphatic carboxylic acids is 2. The van der Waals surface area contributed by atoms with Crippen LogP contribution in [0.25, 0.3) is 21.8 Å². The van der Waals surface area contributed by atoms with Gasteiger partial charge in [0.1, 0.15) is 12.1 Å². The molecule has 4 aromatic rings. The number of fused-ring (bicyclic) bond motifs is 2. The van der Waals surface area contributed by atoms with E-state index in [1.807, 2.05) is 36.4 Å². The van der Waals surface area contributed by atoms with Crippen LogP contribution in [0.15, 0.2) is 48.8 Å². The van der Waals surface area contributed by atoms with E-state index in [0.717, 1.165) is 44.1 Å². The van der Waals surface area contributed by atoms with Gasteiger partial charge in [0.2, 0.25) is 0 Å². The molecule has 0 aliphatic heterocycles. The van der Waals surface area contributed by atoms with Crippen molar-refractivity contribution < 1.29 is 19.8 Å². The Labute approximate surface area is 196 Å². The van der Waals surface area contributed by atoms with Gasteiger partial charge in [0.15, 0.2) is 0 Å². The molecule has 34 heavy (non-hydrogen) atoms. The van der Waals surface area contributed by atoms with Gasteiger partial charge in [-0.2, -0.15) is 0 Å². The molecule has 4 rings (SSSR count). The number of nitrogens with one attached hydrogen (secondary N) is 2. The van der Waals surface area contributed by atoms with Crippen LogP contribution in [-0.4, -0.2) is 44.2 Å². The van der Waals surface area contributed by atoms with E-state index < -0.39 is 24.0 Å². The Morgan fingerprint density at radius 1 is 0.794 bits per heavy atom. The minimum atomic E-state index is -1.01. The molecule has 172 valence electrons. The third-order valence-corrected chi connectivity index (χ3v) is 5.38. The van der Waals surface area contributed by atoms with Crippen LogP contribution < -0.4 is 11.5 Å². The number of rotatable bonds is 6. The lowest BCUT2D eigenvalue weighted by Crippen LogP contribution is -2.32. The summed E-state index contributed by atoms with van der Waals surface area (Å²) in [6.07, 6.45) is 14.8. The Balaban J connectivity index is 0.000000191. The molecule has 0 unspecified atom stereocenters. The second-order valence-electron chi connectivity index (χ2n) is 7.73. The molecule has 2 heterocycles. The molecule has 2 aromatic heterocycles. The second kappa shape index (κ2) is 10.4. The molecule has 8 heteroatoms. The Morgan fingerprint density at radius 3 is 1.85 bits per heavy atom. The molecule has 0 spiro atoms. The van der Waals surface area contributed by atoms with Crippen molar-refractivity contribution in [2.45, 2.75) is 24.9 Å². The summed E-state index contributed by atoms with van der Waals surface area (Å²) in [6, 6.07) is 9.34. The molecule has 0 amide bonds. The highest BCUT2D eigenvalue weighted by molar-refractivity contribution is 5.86. The fraction of sp³-hybridized carbons (Fsp3) is 0.154. The van der Waals surface area contributed by atoms with E-state index in [9.17, 15) is 9.59 Å². The summed E-state index contributed by atoms with van der Waals surface area (Å²) in [5.41, 5.74) is 16.2. The minimum Gasteiger partial charge on any atom is -0.480 e. The summed E-state index contributed by atoms with van der Waals surface area (Å²) in [6.45, 7) is 0. The summed E-state index contributed by atoms with van der Waals surface area (Å²) in [5, 5.41) is 19.4. The molecular weight excluding hydrogens is 432 g/mol. The van der Waals surface area contributed by atoms with E-state index in [1.165, 1.54) is 0 Å². The van der Waals surface area contributed by atoms with Crippen molar-refractivity contribution in [3.63, 3.8) is 0 Å². The van der Waals surface area contributed by atoms with Crippen LogP contribution in [0, 0.1) is 24.7 Å². The van der Waals surface area contributed by atoms with Crippen LogP contribution in [0.5, 0.6) is 0 Å². The number of carboxylic acids is 2. The number of carboxylic acid groups (broad SMARTS) is 2. The molecule has 0 aliphatic rings. The standard InChI is InChI=1S/2C13H12N2O2/c1-2-8-3-4-12-10(5-8)9(7-15-12)6-11(14)13(16)17;1-2-8-3-4-10-9(6-11(14)13(16)17)7-15-12(10)5-8/h2*1,3-5,7,11,15H,6,14H2,(H,16,17)/t2*11-/m00/s1. The minimum absolute atomic E-state index is 0.281. The lowest BCUT2D eigenvalue weighted by atomic mass is 10.0. The highest BCUT2D eigenvalue weighted by atomic mass is 16.4. The van der Waals surface area contributed by atoms with Crippen LogP contribution in [0.2, 0.25) is 0 Å². The van der Waals surface area contributed by atoms with Gasteiger partial charge in [0.25, 0.3) is 0 Å².